The lowest BCUT2D eigenvalue weighted by molar-refractivity contribution is 0.322. The average Bonchev–Trinajstić information content (AvgIpc) is 2.73. The Hall–Kier alpha value is -3.50. The zero-order chi connectivity index (χ0) is 20.3. The summed E-state index contributed by atoms with van der Waals surface area (Å²) in [6.45, 7) is 0.302. The van der Waals surface area contributed by atoms with E-state index in [-0.39, 0.29) is 11.9 Å². The van der Waals surface area contributed by atoms with Gasteiger partial charge < -0.3 is 15.4 Å². The molecule has 6 nitrogen and oxygen atoms in total. The molecule has 11 heteroatoms. The highest BCUT2D eigenvalue weighted by Crippen LogP contribution is 2.32. The summed E-state index contributed by atoms with van der Waals surface area (Å²) < 4.78 is 72.1. The van der Waals surface area contributed by atoms with Gasteiger partial charge in [0.1, 0.15) is 0 Å². The number of benzene rings is 2. The van der Waals surface area contributed by atoms with E-state index >= 15 is 0 Å². The van der Waals surface area contributed by atoms with Crippen molar-refractivity contribution < 1.29 is 26.7 Å². The molecule has 1 heterocycles. The van der Waals surface area contributed by atoms with Crippen LogP contribution in [0.3, 0.4) is 0 Å². The minimum absolute atomic E-state index is 0.0397. The number of hydrogen-bond donors (Lipinski definition) is 2. The van der Waals surface area contributed by atoms with Crippen molar-refractivity contribution in [2.75, 3.05) is 17.7 Å². The van der Waals surface area contributed by atoms with Gasteiger partial charge in [-0.2, -0.15) is 23.7 Å². The maximum Gasteiger partial charge on any atom is 0.328 e. The van der Waals surface area contributed by atoms with Gasteiger partial charge in [-0.15, -0.1) is 0 Å². The first-order valence-electron chi connectivity index (χ1n) is 7.81. The maximum atomic E-state index is 13.8. The second-order valence-electron chi connectivity index (χ2n) is 5.36. The predicted octanol–water partition coefficient (Wildman–Crippen LogP) is 4.01. The molecule has 0 saturated carbocycles. The number of nitrogens with zero attached hydrogens (tertiary/aromatic N) is 3. The molecular formula is C17H12F5N5O. The Labute approximate surface area is 155 Å². The Balaban J connectivity index is 1.91. The van der Waals surface area contributed by atoms with Crippen LogP contribution in [0.25, 0.3) is 0 Å². The van der Waals surface area contributed by atoms with E-state index in [1.165, 1.54) is 7.05 Å². The summed E-state index contributed by atoms with van der Waals surface area (Å²) in [5.41, 5.74) is 0.885. The van der Waals surface area contributed by atoms with E-state index in [1.54, 1.807) is 0 Å². The number of nitrogens with one attached hydrogen (secondary N) is 2. The van der Waals surface area contributed by atoms with Crippen molar-refractivity contribution in [2.45, 2.75) is 6.54 Å². The highest BCUT2D eigenvalue weighted by atomic mass is 19.2. The second-order valence-corrected chi connectivity index (χ2v) is 5.36. The molecule has 2 aromatic carbocycles. The van der Waals surface area contributed by atoms with Gasteiger partial charge in [0.2, 0.25) is 46.7 Å². The van der Waals surface area contributed by atoms with Crippen LogP contribution in [-0.4, -0.2) is 22.0 Å². The largest absolute Gasteiger partial charge is 0.418 e. The van der Waals surface area contributed by atoms with Gasteiger partial charge in [0.05, 0.1) is 0 Å². The predicted molar refractivity (Wildman–Crippen MR) is 89.4 cm³/mol. The molecule has 0 aliphatic carbocycles. The van der Waals surface area contributed by atoms with Crippen LogP contribution in [0.5, 0.6) is 11.8 Å². The minimum Gasteiger partial charge on any atom is -0.418 e. The van der Waals surface area contributed by atoms with Crippen LogP contribution in [0.1, 0.15) is 5.56 Å². The number of rotatable bonds is 6. The van der Waals surface area contributed by atoms with Crippen molar-refractivity contribution in [3.05, 3.63) is 65.0 Å². The first-order chi connectivity index (χ1) is 13.4. The molecule has 146 valence electrons. The highest BCUT2D eigenvalue weighted by Gasteiger charge is 2.28. The van der Waals surface area contributed by atoms with Gasteiger partial charge in [-0.25, -0.2) is 13.2 Å². The fraction of sp³-hybridized carbons (Fsp3) is 0.118. The van der Waals surface area contributed by atoms with Gasteiger partial charge in [0.15, 0.2) is 0 Å². The number of hydrogen-bond acceptors (Lipinski definition) is 6. The first kappa shape index (κ1) is 19.3. The summed E-state index contributed by atoms with van der Waals surface area (Å²) in [7, 11) is 1.46. The molecule has 0 aliphatic rings. The van der Waals surface area contributed by atoms with Gasteiger partial charge >= 0.3 is 6.01 Å². The summed E-state index contributed by atoms with van der Waals surface area (Å²) in [4.78, 5) is 11.5. The molecule has 3 rings (SSSR count). The van der Waals surface area contributed by atoms with Crippen molar-refractivity contribution in [3.8, 4) is 11.8 Å². The van der Waals surface area contributed by atoms with E-state index < -0.39 is 40.8 Å². The van der Waals surface area contributed by atoms with Crippen LogP contribution < -0.4 is 15.4 Å². The molecule has 0 bridgehead atoms. The smallest absolute Gasteiger partial charge is 0.328 e. The van der Waals surface area contributed by atoms with E-state index in [1.807, 2.05) is 30.3 Å². The van der Waals surface area contributed by atoms with Gasteiger partial charge in [0.25, 0.3) is 0 Å². The Morgan fingerprint density at radius 2 is 1.36 bits per heavy atom. The lowest BCUT2D eigenvalue weighted by atomic mass is 10.2. The molecular weight excluding hydrogens is 385 g/mol. The van der Waals surface area contributed by atoms with Gasteiger partial charge in [0, 0.05) is 13.6 Å². The lowest BCUT2D eigenvalue weighted by Gasteiger charge is -2.11. The Morgan fingerprint density at radius 1 is 0.786 bits per heavy atom. The molecule has 2 N–H and O–H groups in total. The summed E-state index contributed by atoms with van der Waals surface area (Å²) >= 11 is 0. The van der Waals surface area contributed by atoms with Gasteiger partial charge in [-0.05, 0) is 5.56 Å². The molecule has 0 spiro atoms. The summed E-state index contributed by atoms with van der Waals surface area (Å²) in [6, 6.07) is 8.47. The van der Waals surface area contributed by atoms with Crippen molar-refractivity contribution in [3.63, 3.8) is 0 Å². The van der Waals surface area contributed by atoms with Crippen molar-refractivity contribution in [1.29, 1.82) is 0 Å². The van der Waals surface area contributed by atoms with Crippen LogP contribution >= 0.6 is 0 Å². The van der Waals surface area contributed by atoms with E-state index in [0.29, 0.717) is 6.54 Å². The zero-order valence-electron chi connectivity index (χ0n) is 14.2. The standard InChI is InChI=1S/C17H12F5N5O/c1-23-15-25-16(24-7-8-5-3-2-4-6-8)27-17(26-15)28-14-12(21)10(19)9(18)11(20)13(14)22/h2-6H,7H2,1H3,(H2,23,24,25,26,27). The van der Waals surface area contributed by atoms with Crippen LogP contribution in [-0.2, 0) is 6.54 Å². The van der Waals surface area contributed by atoms with E-state index in [0.717, 1.165) is 5.56 Å². The first-order valence-corrected chi connectivity index (χ1v) is 7.81. The molecule has 0 radical (unpaired) electrons. The topological polar surface area (TPSA) is 72.0 Å². The van der Waals surface area contributed by atoms with Gasteiger partial charge in [-0.3, -0.25) is 0 Å². The fourth-order valence-corrected chi connectivity index (χ4v) is 2.14. The maximum absolute atomic E-state index is 13.8. The zero-order valence-corrected chi connectivity index (χ0v) is 14.2. The third-order valence-electron chi connectivity index (χ3n) is 3.49. The van der Waals surface area contributed by atoms with Crippen LogP contribution in [0.4, 0.5) is 33.8 Å². The van der Waals surface area contributed by atoms with E-state index in [2.05, 4.69) is 25.6 Å². The van der Waals surface area contributed by atoms with E-state index in [9.17, 15) is 22.0 Å². The van der Waals surface area contributed by atoms with Crippen LogP contribution in [0.2, 0.25) is 0 Å². The highest BCUT2D eigenvalue weighted by molar-refractivity contribution is 5.38. The number of aromatic nitrogens is 3. The molecule has 0 aliphatic heterocycles. The number of anilines is 2. The number of ether oxygens (including phenoxy) is 1. The Kier molecular flexibility index (Phi) is 5.52. The third kappa shape index (κ3) is 3.92. The SMILES string of the molecule is CNc1nc(NCc2ccccc2)nc(Oc2c(F)c(F)c(F)c(F)c2F)n1. The molecule has 0 unspecified atom stereocenters. The Bertz CT molecular complexity index is 974. The Morgan fingerprint density at radius 3 is 1.96 bits per heavy atom. The second kappa shape index (κ2) is 8.03. The quantitative estimate of drug-likeness (QED) is 0.372. The average molecular weight is 397 g/mol. The third-order valence-corrected chi connectivity index (χ3v) is 3.49. The monoisotopic (exact) mass is 397 g/mol. The summed E-state index contributed by atoms with van der Waals surface area (Å²) in [5.74, 6) is -12.5. The van der Waals surface area contributed by atoms with Crippen LogP contribution in [0, 0.1) is 29.1 Å². The lowest BCUT2D eigenvalue weighted by Crippen LogP contribution is -2.10. The van der Waals surface area contributed by atoms with Crippen molar-refractivity contribution >= 4 is 11.9 Å². The molecule has 0 amide bonds. The van der Waals surface area contributed by atoms with Crippen molar-refractivity contribution in [1.82, 2.24) is 15.0 Å². The molecule has 0 atom stereocenters. The van der Waals surface area contributed by atoms with Crippen LogP contribution in [0.15, 0.2) is 30.3 Å². The van der Waals surface area contributed by atoms with Crippen molar-refractivity contribution in [2.24, 2.45) is 0 Å². The number of halogens is 5. The molecule has 1 aromatic heterocycles. The molecule has 0 saturated heterocycles. The minimum atomic E-state index is -2.29. The van der Waals surface area contributed by atoms with Gasteiger partial charge in [-0.1, -0.05) is 30.3 Å². The fourth-order valence-electron chi connectivity index (χ4n) is 2.14. The molecule has 28 heavy (non-hydrogen) atoms. The van der Waals surface area contributed by atoms with E-state index in [4.69, 9.17) is 4.74 Å². The normalized spacial score (nSPS) is 10.6. The molecule has 3 aromatic rings. The summed E-state index contributed by atoms with van der Waals surface area (Å²) in [6.07, 6.45) is 0. The molecule has 0 fully saturated rings. The summed E-state index contributed by atoms with van der Waals surface area (Å²) in [5, 5.41) is 5.42.